The Bertz CT molecular complexity index is 1380. The van der Waals surface area contributed by atoms with E-state index >= 15 is 0 Å². The molecule has 0 saturated carbocycles. The van der Waals surface area contributed by atoms with Gasteiger partial charge in [0.05, 0.1) is 30.3 Å². The van der Waals surface area contributed by atoms with Gasteiger partial charge in [-0.15, -0.1) is 0 Å². The number of thiazole rings is 1. The molecule has 0 radical (unpaired) electrons. The molecule has 11 heteroatoms. The van der Waals surface area contributed by atoms with Crippen molar-refractivity contribution in [1.82, 2.24) is 4.98 Å². The lowest BCUT2D eigenvalue weighted by Crippen LogP contribution is -2.32. The number of aromatic nitrogens is 1. The number of aromatic amines is 1. The molecule has 0 aliphatic carbocycles. The van der Waals surface area contributed by atoms with E-state index in [-0.39, 0.29) is 29.9 Å². The van der Waals surface area contributed by atoms with Crippen molar-refractivity contribution in [3.8, 4) is 11.5 Å². The minimum Gasteiger partial charge on any atom is -0.493 e. The van der Waals surface area contributed by atoms with Crippen molar-refractivity contribution in [2.75, 3.05) is 25.2 Å². The Kier molecular flexibility index (Phi) is 6.59. The van der Waals surface area contributed by atoms with Gasteiger partial charge in [0.2, 0.25) is 11.8 Å². The zero-order chi connectivity index (χ0) is 25.4. The topological polar surface area (TPSA) is 115 Å². The standard InChI is InChI=1S/C25H22N2O7S2/c1-3-33-17(28)12-34-15-10-9-13(11-16(15)32-2)18-19-21(35-22-20(18)36-25(31)26-22)24(30)27(23(19)29)14-7-5-4-6-8-14/h4-11,18-19,21H,3,12H2,1-2H3,(H,26,31)/t18-,19-,21+/m0/s1. The van der Waals surface area contributed by atoms with Gasteiger partial charge < -0.3 is 19.2 Å². The molecule has 3 aromatic rings. The molecule has 0 spiro atoms. The van der Waals surface area contributed by atoms with Crippen LogP contribution in [0.5, 0.6) is 11.5 Å². The summed E-state index contributed by atoms with van der Waals surface area (Å²) in [6, 6.07) is 13.9. The van der Waals surface area contributed by atoms with E-state index in [4.69, 9.17) is 14.2 Å². The van der Waals surface area contributed by atoms with Crippen LogP contribution in [0, 0.1) is 5.92 Å². The van der Waals surface area contributed by atoms with E-state index in [0.717, 1.165) is 11.3 Å². The lowest BCUT2D eigenvalue weighted by molar-refractivity contribution is -0.145. The molecule has 1 aromatic heterocycles. The van der Waals surface area contributed by atoms with Crippen molar-refractivity contribution in [3.05, 3.63) is 68.6 Å². The number of imide groups is 1. The number of H-pyrrole nitrogens is 1. The summed E-state index contributed by atoms with van der Waals surface area (Å²) in [7, 11) is 1.47. The van der Waals surface area contributed by atoms with E-state index in [9.17, 15) is 19.2 Å². The van der Waals surface area contributed by atoms with Crippen LogP contribution in [0.25, 0.3) is 0 Å². The second-order valence-corrected chi connectivity index (χ2v) is 10.3. The van der Waals surface area contributed by atoms with Gasteiger partial charge in [-0.2, -0.15) is 0 Å². The number of anilines is 1. The average molecular weight is 527 g/mol. The van der Waals surface area contributed by atoms with Gasteiger partial charge in [-0.05, 0) is 36.8 Å². The Morgan fingerprint density at radius 1 is 1.06 bits per heavy atom. The summed E-state index contributed by atoms with van der Waals surface area (Å²) in [4.78, 5) is 55.6. The molecule has 1 fully saturated rings. The molecule has 0 bridgehead atoms. The molecule has 2 amide bonds. The second kappa shape index (κ2) is 9.82. The monoisotopic (exact) mass is 526 g/mol. The fourth-order valence-electron chi connectivity index (χ4n) is 4.54. The molecular formula is C25H22N2O7S2. The van der Waals surface area contributed by atoms with E-state index in [1.807, 2.05) is 6.07 Å². The maximum Gasteiger partial charge on any atom is 0.344 e. The SMILES string of the molecule is CCOC(=O)COc1ccc([C@@H]2c3sc(=O)[nH]c3S[C@H]3C(=O)N(c4ccccc4)C(=O)[C@@H]23)cc1OC. The number of carbonyl (C=O) groups is 3. The van der Waals surface area contributed by atoms with Crippen LogP contribution in [0.1, 0.15) is 23.3 Å². The van der Waals surface area contributed by atoms with Crippen LogP contribution >= 0.6 is 23.1 Å². The number of hydrogen-bond donors (Lipinski definition) is 1. The molecule has 186 valence electrons. The number of benzene rings is 2. The van der Waals surface area contributed by atoms with Gasteiger partial charge in [0.1, 0.15) is 5.25 Å². The van der Waals surface area contributed by atoms with Gasteiger partial charge in [0, 0.05) is 10.8 Å². The first-order valence-electron chi connectivity index (χ1n) is 11.2. The lowest BCUT2D eigenvalue weighted by Gasteiger charge is -2.30. The molecule has 1 N–H and O–H groups in total. The third-order valence-electron chi connectivity index (χ3n) is 6.04. The lowest BCUT2D eigenvalue weighted by atomic mass is 9.83. The molecule has 9 nitrogen and oxygen atoms in total. The van der Waals surface area contributed by atoms with Gasteiger partial charge in [-0.1, -0.05) is 47.4 Å². The smallest absolute Gasteiger partial charge is 0.344 e. The highest BCUT2D eigenvalue weighted by atomic mass is 32.2. The number of para-hydroxylation sites is 1. The summed E-state index contributed by atoms with van der Waals surface area (Å²) in [6.45, 7) is 1.67. The van der Waals surface area contributed by atoms with Crippen LogP contribution in [0.15, 0.2) is 58.4 Å². The highest BCUT2D eigenvalue weighted by Crippen LogP contribution is 2.53. The van der Waals surface area contributed by atoms with Crippen LogP contribution in [-0.4, -0.2) is 48.3 Å². The summed E-state index contributed by atoms with van der Waals surface area (Å²) in [5, 5.41) is -0.0971. The normalized spacial score (nSPS) is 20.6. The molecular weight excluding hydrogens is 504 g/mol. The number of fused-ring (bicyclic) bond motifs is 2. The predicted molar refractivity (Wildman–Crippen MR) is 134 cm³/mol. The number of rotatable bonds is 7. The zero-order valence-electron chi connectivity index (χ0n) is 19.4. The maximum atomic E-state index is 13.7. The molecule has 2 aliphatic heterocycles. The van der Waals surface area contributed by atoms with E-state index in [2.05, 4.69) is 4.98 Å². The zero-order valence-corrected chi connectivity index (χ0v) is 21.0. The third-order valence-corrected chi connectivity index (χ3v) is 8.44. The number of carbonyl (C=O) groups excluding carboxylic acids is 3. The second-order valence-electron chi connectivity index (χ2n) is 8.10. The van der Waals surface area contributed by atoms with E-state index in [1.54, 1.807) is 49.4 Å². The molecule has 3 heterocycles. The minimum atomic E-state index is -0.710. The summed E-state index contributed by atoms with van der Waals surface area (Å²) in [5.74, 6) is -1.71. The predicted octanol–water partition coefficient (Wildman–Crippen LogP) is 3.18. The molecule has 3 atom stereocenters. The van der Waals surface area contributed by atoms with Gasteiger partial charge in [-0.25, -0.2) is 9.69 Å². The number of thioether (sulfide) groups is 1. The molecule has 1 saturated heterocycles. The Hall–Kier alpha value is -3.57. The minimum absolute atomic E-state index is 0.245. The maximum absolute atomic E-state index is 13.7. The van der Waals surface area contributed by atoms with Crippen LogP contribution in [0.2, 0.25) is 0 Å². The average Bonchev–Trinajstić information content (AvgIpc) is 3.37. The first-order valence-corrected chi connectivity index (χ1v) is 12.9. The fourth-order valence-corrected chi connectivity index (χ4v) is 7.06. The van der Waals surface area contributed by atoms with Crippen LogP contribution in [0.3, 0.4) is 0 Å². The fraction of sp³-hybridized carbons (Fsp3) is 0.280. The molecule has 5 rings (SSSR count). The van der Waals surface area contributed by atoms with Gasteiger partial charge in [-0.3, -0.25) is 14.4 Å². The molecule has 2 aliphatic rings. The molecule has 2 aromatic carbocycles. The Morgan fingerprint density at radius 3 is 2.56 bits per heavy atom. The highest BCUT2D eigenvalue weighted by Gasteiger charge is 2.56. The van der Waals surface area contributed by atoms with Crippen LogP contribution in [0.4, 0.5) is 5.69 Å². The Morgan fingerprint density at radius 2 is 1.83 bits per heavy atom. The molecule has 36 heavy (non-hydrogen) atoms. The van der Waals surface area contributed by atoms with Crippen molar-refractivity contribution in [3.63, 3.8) is 0 Å². The summed E-state index contributed by atoms with van der Waals surface area (Å²) in [5.41, 5.74) is 1.21. The van der Waals surface area contributed by atoms with Crippen molar-refractivity contribution in [2.45, 2.75) is 23.1 Å². The van der Waals surface area contributed by atoms with E-state index in [0.29, 0.717) is 32.7 Å². The Balaban J connectivity index is 1.54. The number of hydrogen-bond acceptors (Lipinski definition) is 9. The first kappa shape index (κ1) is 24.1. The van der Waals surface area contributed by atoms with E-state index < -0.39 is 23.1 Å². The number of ether oxygens (including phenoxy) is 3. The number of esters is 1. The number of nitrogens with zero attached hydrogens (tertiary/aromatic N) is 1. The van der Waals surface area contributed by atoms with Crippen molar-refractivity contribution >= 4 is 46.6 Å². The largest absolute Gasteiger partial charge is 0.493 e. The highest BCUT2D eigenvalue weighted by molar-refractivity contribution is 8.00. The summed E-state index contributed by atoms with van der Waals surface area (Å²) >= 11 is 2.25. The van der Waals surface area contributed by atoms with Crippen LogP contribution in [-0.2, 0) is 19.1 Å². The van der Waals surface area contributed by atoms with Crippen LogP contribution < -0.4 is 19.2 Å². The quantitative estimate of drug-likeness (QED) is 0.369. The number of methoxy groups -OCH3 is 1. The van der Waals surface area contributed by atoms with Crippen molar-refractivity contribution in [1.29, 1.82) is 0 Å². The number of amides is 2. The van der Waals surface area contributed by atoms with Crippen molar-refractivity contribution < 1.29 is 28.6 Å². The summed E-state index contributed by atoms with van der Waals surface area (Å²) in [6.07, 6.45) is 0. The van der Waals surface area contributed by atoms with Gasteiger partial charge in [0.15, 0.2) is 18.1 Å². The van der Waals surface area contributed by atoms with E-state index in [1.165, 1.54) is 23.8 Å². The summed E-state index contributed by atoms with van der Waals surface area (Å²) < 4.78 is 16.0. The van der Waals surface area contributed by atoms with Gasteiger partial charge in [0.25, 0.3) is 0 Å². The number of nitrogens with one attached hydrogen (secondary N) is 1. The Labute approximate surface area is 214 Å². The third kappa shape index (κ3) is 4.18. The first-order chi connectivity index (χ1) is 17.4. The van der Waals surface area contributed by atoms with Gasteiger partial charge >= 0.3 is 10.8 Å². The van der Waals surface area contributed by atoms with Crippen molar-refractivity contribution in [2.24, 2.45) is 5.92 Å². The molecule has 0 unspecified atom stereocenters.